The topological polar surface area (TPSA) is 55.2 Å². The van der Waals surface area contributed by atoms with Crippen LogP contribution in [-0.2, 0) is 4.74 Å². The molecule has 1 aromatic carbocycles. The maximum absolute atomic E-state index is 11.3. The van der Waals surface area contributed by atoms with Crippen molar-refractivity contribution in [3.05, 3.63) is 36.2 Å². The van der Waals surface area contributed by atoms with E-state index in [9.17, 15) is 4.79 Å². The third kappa shape index (κ3) is 1.20. The fourth-order valence-electron chi connectivity index (χ4n) is 1.81. The standard InChI is InChI=1S/C12H9NO3/c1-15-12(14)10-5-8-6-11-7(2-3-16-11)4-9(8)13-10/h2-6,13H,1H3. The van der Waals surface area contributed by atoms with Gasteiger partial charge in [-0.1, -0.05) is 0 Å². The van der Waals surface area contributed by atoms with E-state index in [1.165, 1.54) is 7.11 Å². The Labute approximate surface area is 90.8 Å². The van der Waals surface area contributed by atoms with Crippen LogP contribution in [0.15, 0.2) is 34.9 Å². The highest BCUT2D eigenvalue weighted by molar-refractivity contribution is 5.99. The predicted molar refractivity (Wildman–Crippen MR) is 59.4 cm³/mol. The summed E-state index contributed by atoms with van der Waals surface area (Å²) in [6.07, 6.45) is 1.64. The van der Waals surface area contributed by atoms with E-state index in [1.807, 2.05) is 18.2 Å². The molecule has 0 aliphatic rings. The van der Waals surface area contributed by atoms with E-state index >= 15 is 0 Å². The van der Waals surface area contributed by atoms with Crippen LogP contribution in [0.5, 0.6) is 0 Å². The molecule has 3 aromatic rings. The molecule has 0 atom stereocenters. The molecule has 2 heterocycles. The lowest BCUT2D eigenvalue weighted by Crippen LogP contribution is -2.00. The Morgan fingerprint density at radius 2 is 2.19 bits per heavy atom. The van der Waals surface area contributed by atoms with E-state index < -0.39 is 0 Å². The van der Waals surface area contributed by atoms with E-state index in [2.05, 4.69) is 9.72 Å². The van der Waals surface area contributed by atoms with Gasteiger partial charge in [-0.25, -0.2) is 4.79 Å². The Bertz CT molecular complexity index is 630. The van der Waals surface area contributed by atoms with Gasteiger partial charge in [0.2, 0.25) is 0 Å². The van der Waals surface area contributed by atoms with Crippen LogP contribution in [0.3, 0.4) is 0 Å². The third-order valence-electron chi connectivity index (χ3n) is 2.60. The van der Waals surface area contributed by atoms with Crippen molar-refractivity contribution in [2.75, 3.05) is 7.11 Å². The number of furan rings is 1. The predicted octanol–water partition coefficient (Wildman–Crippen LogP) is 2.70. The summed E-state index contributed by atoms with van der Waals surface area (Å²) in [5.74, 6) is -0.368. The van der Waals surface area contributed by atoms with Gasteiger partial charge >= 0.3 is 5.97 Å². The Morgan fingerprint density at radius 1 is 1.31 bits per heavy atom. The molecule has 0 amide bonds. The van der Waals surface area contributed by atoms with Crippen LogP contribution in [0.25, 0.3) is 21.9 Å². The molecule has 0 bridgehead atoms. The van der Waals surface area contributed by atoms with Crippen LogP contribution in [0.4, 0.5) is 0 Å². The number of benzene rings is 1. The fourth-order valence-corrected chi connectivity index (χ4v) is 1.81. The van der Waals surface area contributed by atoms with Crippen LogP contribution >= 0.6 is 0 Å². The van der Waals surface area contributed by atoms with Crippen LogP contribution in [0.1, 0.15) is 10.5 Å². The summed E-state index contributed by atoms with van der Waals surface area (Å²) in [7, 11) is 1.36. The third-order valence-corrected chi connectivity index (χ3v) is 2.60. The summed E-state index contributed by atoms with van der Waals surface area (Å²) in [5.41, 5.74) is 2.15. The Morgan fingerprint density at radius 3 is 3.00 bits per heavy atom. The van der Waals surface area contributed by atoms with Crippen molar-refractivity contribution in [1.82, 2.24) is 4.98 Å². The largest absolute Gasteiger partial charge is 0.464 e. The van der Waals surface area contributed by atoms with Crippen LogP contribution < -0.4 is 0 Å². The van der Waals surface area contributed by atoms with Gasteiger partial charge in [-0.05, 0) is 24.3 Å². The number of aromatic nitrogens is 1. The molecule has 2 aromatic heterocycles. The van der Waals surface area contributed by atoms with Gasteiger partial charge in [-0.15, -0.1) is 0 Å². The fraction of sp³-hybridized carbons (Fsp3) is 0.0833. The van der Waals surface area contributed by atoms with Gasteiger partial charge in [-0.2, -0.15) is 0 Å². The summed E-state index contributed by atoms with van der Waals surface area (Å²) in [6.45, 7) is 0. The number of rotatable bonds is 1. The summed E-state index contributed by atoms with van der Waals surface area (Å²) < 4.78 is 9.94. The highest BCUT2D eigenvalue weighted by Crippen LogP contribution is 2.24. The lowest BCUT2D eigenvalue weighted by molar-refractivity contribution is 0.0595. The Hall–Kier alpha value is -2.23. The quantitative estimate of drug-likeness (QED) is 0.635. The second kappa shape index (κ2) is 3.13. The Kier molecular flexibility index (Phi) is 1.77. The van der Waals surface area contributed by atoms with Crippen molar-refractivity contribution in [2.45, 2.75) is 0 Å². The molecule has 0 aliphatic carbocycles. The van der Waals surface area contributed by atoms with Gasteiger partial charge in [0, 0.05) is 16.3 Å². The molecule has 1 N–H and O–H groups in total. The Balaban J connectivity index is 2.27. The van der Waals surface area contributed by atoms with Gasteiger partial charge in [0.25, 0.3) is 0 Å². The number of H-pyrrole nitrogens is 1. The zero-order chi connectivity index (χ0) is 11.1. The zero-order valence-electron chi connectivity index (χ0n) is 8.61. The molecule has 0 saturated carbocycles. The van der Waals surface area contributed by atoms with Crippen molar-refractivity contribution in [1.29, 1.82) is 0 Å². The van der Waals surface area contributed by atoms with Gasteiger partial charge < -0.3 is 14.1 Å². The van der Waals surface area contributed by atoms with Crippen molar-refractivity contribution in [2.24, 2.45) is 0 Å². The molecule has 0 aliphatic heterocycles. The molecule has 0 unspecified atom stereocenters. The summed E-state index contributed by atoms with van der Waals surface area (Å²) in [6, 6.07) is 7.48. The number of hydrogen-bond donors (Lipinski definition) is 1. The van der Waals surface area contributed by atoms with E-state index in [-0.39, 0.29) is 5.97 Å². The first-order valence-electron chi connectivity index (χ1n) is 4.86. The number of carbonyl (C=O) groups excluding carboxylic acids is 1. The minimum atomic E-state index is -0.368. The van der Waals surface area contributed by atoms with Crippen molar-refractivity contribution in [3.63, 3.8) is 0 Å². The van der Waals surface area contributed by atoms with Crippen LogP contribution in [-0.4, -0.2) is 18.1 Å². The van der Waals surface area contributed by atoms with E-state index in [1.54, 1.807) is 12.3 Å². The number of methoxy groups -OCH3 is 1. The van der Waals surface area contributed by atoms with Gasteiger partial charge in [0.05, 0.1) is 13.4 Å². The second-order valence-electron chi connectivity index (χ2n) is 3.57. The number of aromatic amines is 1. The smallest absolute Gasteiger partial charge is 0.354 e. The molecule has 4 nitrogen and oxygen atoms in total. The minimum absolute atomic E-state index is 0.368. The average molecular weight is 215 g/mol. The van der Waals surface area contributed by atoms with Gasteiger partial charge in [0.15, 0.2) is 0 Å². The van der Waals surface area contributed by atoms with Gasteiger partial charge in [-0.3, -0.25) is 0 Å². The summed E-state index contributed by atoms with van der Waals surface area (Å²) >= 11 is 0. The highest BCUT2D eigenvalue weighted by atomic mass is 16.5. The first kappa shape index (κ1) is 9.03. The van der Waals surface area contributed by atoms with Crippen LogP contribution in [0, 0.1) is 0 Å². The normalized spacial score (nSPS) is 11.1. The maximum Gasteiger partial charge on any atom is 0.354 e. The number of nitrogens with one attached hydrogen (secondary N) is 1. The minimum Gasteiger partial charge on any atom is -0.464 e. The first-order valence-corrected chi connectivity index (χ1v) is 4.86. The van der Waals surface area contributed by atoms with Crippen molar-refractivity contribution in [3.8, 4) is 0 Å². The lowest BCUT2D eigenvalue weighted by Gasteiger charge is -1.92. The lowest BCUT2D eigenvalue weighted by atomic mass is 10.2. The molecule has 0 fully saturated rings. The van der Waals surface area contributed by atoms with Crippen molar-refractivity contribution >= 4 is 27.8 Å². The molecule has 0 spiro atoms. The molecular weight excluding hydrogens is 206 g/mol. The number of ether oxygens (including phenoxy) is 1. The monoisotopic (exact) mass is 215 g/mol. The summed E-state index contributed by atoms with van der Waals surface area (Å²) in [4.78, 5) is 14.3. The average Bonchev–Trinajstić information content (AvgIpc) is 2.89. The van der Waals surface area contributed by atoms with Crippen LogP contribution in [0.2, 0.25) is 0 Å². The maximum atomic E-state index is 11.3. The van der Waals surface area contributed by atoms with Gasteiger partial charge in [0.1, 0.15) is 11.3 Å². The van der Waals surface area contributed by atoms with E-state index in [4.69, 9.17) is 4.42 Å². The second-order valence-corrected chi connectivity index (χ2v) is 3.57. The SMILES string of the molecule is COC(=O)c1cc2cc3occc3cc2[nH]1. The van der Waals surface area contributed by atoms with E-state index in [0.717, 1.165) is 21.9 Å². The van der Waals surface area contributed by atoms with Crippen molar-refractivity contribution < 1.29 is 13.9 Å². The molecular formula is C12H9NO3. The number of esters is 1. The molecule has 0 radical (unpaired) electrons. The summed E-state index contributed by atoms with van der Waals surface area (Å²) in [5, 5.41) is 1.94. The number of hydrogen-bond acceptors (Lipinski definition) is 3. The first-order chi connectivity index (χ1) is 7.78. The molecule has 4 heteroatoms. The number of carbonyl (C=O) groups is 1. The number of fused-ring (bicyclic) bond motifs is 2. The zero-order valence-corrected chi connectivity index (χ0v) is 8.61. The molecule has 16 heavy (non-hydrogen) atoms. The molecule has 80 valence electrons. The molecule has 0 saturated heterocycles. The highest BCUT2D eigenvalue weighted by Gasteiger charge is 2.10. The van der Waals surface area contributed by atoms with E-state index in [0.29, 0.717) is 5.69 Å². The molecule has 3 rings (SSSR count).